The van der Waals surface area contributed by atoms with Crippen molar-refractivity contribution in [1.82, 2.24) is 14.9 Å². The molecule has 9 nitrogen and oxygen atoms in total. The predicted octanol–water partition coefficient (Wildman–Crippen LogP) is 4.56. The molecule has 0 aliphatic carbocycles. The monoisotopic (exact) mass is 554 g/mol. The van der Waals surface area contributed by atoms with Crippen LogP contribution in [0, 0.1) is 0 Å². The van der Waals surface area contributed by atoms with Crippen LogP contribution in [0.25, 0.3) is 0 Å². The summed E-state index contributed by atoms with van der Waals surface area (Å²) >= 11 is 6.43. The zero-order valence-corrected chi connectivity index (χ0v) is 21.9. The number of halogens is 3. The molecule has 2 aromatic carbocycles. The number of hydrogen-bond acceptors (Lipinski definition) is 9. The summed E-state index contributed by atoms with van der Waals surface area (Å²) in [5.74, 6) is 1.36. The summed E-state index contributed by atoms with van der Waals surface area (Å²) in [7, 11) is 0. The lowest BCUT2D eigenvalue weighted by molar-refractivity contribution is 0.0214. The Labute approximate surface area is 227 Å². The molecule has 0 spiro atoms. The second kappa shape index (κ2) is 15.3. The van der Waals surface area contributed by atoms with Crippen LogP contribution in [-0.4, -0.2) is 60.5 Å². The highest BCUT2D eigenvalue weighted by Gasteiger charge is 2.11. The van der Waals surface area contributed by atoms with Crippen molar-refractivity contribution in [3.63, 3.8) is 0 Å². The van der Waals surface area contributed by atoms with Crippen molar-refractivity contribution in [3.05, 3.63) is 71.0 Å². The second-order valence-corrected chi connectivity index (χ2v) is 7.99. The van der Waals surface area contributed by atoms with Gasteiger partial charge in [-0.05, 0) is 23.8 Å². The smallest absolute Gasteiger partial charge is 0.144 e. The van der Waals surface area contributed by atoms with E-state index in [4.69, 9.17) is 31.6 Å². The zero-order chi connectivity index (χ0) is 23.6. The van der Waals surface area contributed by atoms with Gasteiger partial charge in [-0.25, -0.2) is 9.97 Å². The third kappa shape index (κ3) is 8.69. The molecule has 194 valence electrons. The third-order valence-electron chi connectivity index (χ3n) is 5.21. The summed E-state index contributed by atoms with van der Waals surface area (Å²) in [6.07, 6.45) is 2.89. The molecule has 0 saturated carbocycles. The Hall–Kier alpha value is -2.82. The molecule has 36 heavy (non-hydrogen) atoms. The summed E-state index contributed by atoms with van der Waals surface area (Å²) in [5.41, 5.74) is 8.36. The zero-order valence-electron chi connectivity index (χ0n) is 19.5. The van der Waals surface area contributed by atoms with Gasteiger partial charge in [-0.15, -0.1) is 24.8 Å². The number of nitrogens with zero attached hydrogens (tertiary/aromatic N) is 4. The molecule has 0 amide bonds. The Balaban J connectivity index is 0.00000228. The molecule has 0 bridgehead atoms. The maximum absolute atomic E-state index is 6.43. The number of aromatic nitrogens is 2. The lowest BCUT2D eigenvalue weighted by Gasteiger charge is -2.25. The summed E-state index contributed by atoms with van der Waals surface area (Å²) in [6, 6.07) is 15.3. The van der Waals surface area contributed by atoms with Gasteiger partial charge < -0.3 is 25.4 Å². The first-order valence-electron chi connectivity index (χ1n) is 11.0. The van der Waals surface area contributed by atoms with Gasteiger partial charge in [-0.1, -0.05) is 47.1 Å². The highest BCUT2D eigenvalue weighted by molar-refractivity contribution is 6.32. The molecule has 0 radical (unpaired) electrons. The number of hydrogen-bond donors (Lipinski definition) is 2. The van der Waals surface area contributed by atoms with E-state index in [1.165, 1.54) is 12.5 Å². The minimum atomic E-state index is 0. The number of anilines is 3. The number of nitrogens with one attached hydrogen (secondary N) is 1. The van der Waals surface area contributed by atoms with Gasteiger partial charge in [0.05, 0.1) is 30.0 Å². The number of rotatable bonds is 10. The van der Waals surface area contributed by atoms with Crippen molar-refractivity contribution < 1.29 is 14.3 Å². The first-order valence-corrected chi connectivity index (χ1v) is 11.4. The highest BCUT2D eigenvalue weighted by Crippen LogP contribution is 2.30. The van der Waals surface area contributed by atoms with E-state index in [1.807, 2.05) is 36.4 Å². The van der Waals surface area contributed by atoms with E-state index in [2.05, 4.69) is 25.3 Å². The van der Waals surface area contributed by atoms with Gasteiger partial charge >= 0.3 is 0 Å². The molecule has 1 aliphatic rings. The van der Waals surface area contributed by atoms with Crippen LogP contribution in [0.2, 0.25) is 5.02 Å². The van der Waals surface area contributed by atoms with Gasteiger partial charge in [0, 0.05) is 25.3 Å². The first-order chi connectivity index (χ1) is 16.7. The van der Waals surface area contributed by atoms with Crippen LogP contribution in [0.15, 0.2) is 60.0 Å². The number of morpholine rings is 1. The fraction of sp³-hybridized carbons (Fsp3) is 0.292. The Morgan fingerprint density at radius 1 is 1.11 bits per heavy atom. The minimum absolute atomic E-state index is 0. The molecule has 1 saturated heterocycles. The van der Waals surface area contributed by atoms with Crippen LogP contribution >= 0.6 is 36.4 Å². The Kier molecular flexibility index (Phi) is 12.5. The average Bonchev–Trinajstić information content (AvgIpc) is 2.86. The summed E-state index contributed by atoms with van der Waals surface area (Å²) < 4.78 is 11.2. The molecule has 1 aliphatic heterocycles. The normalized spacial score (nSPS) is 13.5. The van der Waals surface area contributed by atoms with Crippen molar-refractivity contribution in [2.24, 2.45) is 5.16 Å². The average molecular weight is 556 g/mol. The van der Waals surface area contributed by atoms with Crippen molar-refractivity contribution in [2.75, 3.05) is 50.5 Å². The molecule has 0 atom stereocenters. The van der Waals surface area contributed by atoms with E-state index in [0.717, 1.165) is 44.1 Å². The number of nitrogens with two attached hydrogens (primary N) is 1. The van der Waals surface area contributed by atoms with Gasteiger partial charge in [-0.3, -0.25) is 4.90 Å². The largest absolute Gasteiger partial charge is 0.487 e. The molecule has 2 heterocycles. The van der Waals surface area contributed by atoms with Crippen LogP contribution in [0.1, 0.15) is 11.1 Å². The van der Waals surface area contributed by atoms with Crippen LogP contribution in [-0.2, 0) is 16.2 Å². The van der Waals surface area contributed by atoms with Crippen LogP contribution in [0.5, 0.6) is 5.75 Å². The number of benzene rings is 2. The first kappa shape index (κ1) is 29.4. The second-order valence-electron chi connectivity index (χ2n) is 7.59. The predicted molar refractivity (Wildman–Crippen MR) is 147 cm³/mol. The number of ether oxygens (including phenoxy) is 2. The summed E-state index contributed by atoms with van der Waals surface area (Å²) in [6.45, 7) is 4.98. The third-order valence-corrected chi connectivity index (χ3v) is 5.50. The van der Waals surface area contributed by atoms with Crippen LogP contribution < -0.4 is 15.8 Å². The molecule has 3 N–H and O–H groups in total. The number of oxime groups is 1. The van der Waals surface area contributed by atoms with Crippen LogP contribution in [0.3, 0.4) is 0 Å². The van der Waals surface area contributed by atoms with Gasteiger partial charge in [0.25, 0.3) is 0 Å². The fourth-order valence-electron chi connectivity index (χ4n) is 3.34. The molecule has 0 unspecified atom stereocenters. The van der Waals surface area contributed by atoms with Crippen molar-refractivity contribution in [2.45, 2.75) is 6.61 Å². The van der Waals surface area contributed by atoms with Crippen LogP contribution in [0.4, 0.5) is 17.3 Å². The SMILES string of the molecule is Cl.Cl.Nc1ncnc(Nc2ccc(OCc3ccccc3)c(Cl)c2)c1/C=N/OCCN1CCOCC1. The van der Waals surface area contributed by atoms with Gasteiger partial charge in [0.1, 0.15) is 36.9 Å². The molecular formula is C24H29Cl3N6O3. The van der Waals surface area contributed by atoms with Crippen molar-refractivity contribution in [3.8, 4) is 5.75 Å². The van der Waals surface area contributed by atoms with E-state index < -0.39 is 0 Å². The topological polar surface area (TPSA) is 107 Å². The maximum atomic E-state index is 6.43. The molecule has 1 aromatic heterocycles. The Morgan fingerprint density at radius 3 is 2.64 bits per heavy atom. The van der Waals surface area contributed by atoms with Crippen molar-refractivity contribution >= 4 is 60.0 Å². The Morgan fingerprint density at radius 2 is 1.89 bits per heavy atom. The standard InChI is InChI=1S/C24H27ClN6O3.2ClH/c25-21-14-19(6-7-22(21)33-16-18-4-2-1-3-5-18)30-24-20(23(26)27-17-28-24)15-29-34-13-10-31-8-11-32-12-9-31;;/h1-7,14-15,17H,8-13,16H2,(H3,26,27,28,30);2*1H/b29-15+;;. The lowest BCUT2D eigenvalue weighted by Crippen LogP contribution is -2.38. The van der Waals surface area contributed by atoms with Crippen molar-refractivity contribution in [1.29, 1.82) is 0 Å². The van der Waals surface area contributed by atoms with E-state index >= 15 is 0 Å². The van der Waals surface area contributed by atoms with E-state index in [1.54, 1.807) is 12.1 Å². The Bertz CT molecular complexity index is 1100. The quantitative estimate of drug-likeness (QED) is 0.213. The van der Waals surface area contributed by atoms with Gasteiger partial charge in [0.15, 0.2) is 0 Å². The molecule has 3 aromatic rings. The molecule has 1 fully saturated rings. The fourth-order valence-corrected chi connectivity index (χ4v) is 3.58. The van der Waals surface area contributed by atoms with E-state index in [9.17, 15) is 0 Å². The molecule has 4 rings (SSSR count). The maximum Gasteiger partial charge on any atom is 0.144 e. The summed E-state index contributed by atoms with van der Waals surface area (Å²) in [4.78, 5) is 16.0. The number of nitrogen functional groups attached to an aromatic ring is 1. The van der Waals surface area contributed by atoms with E-state index in [-0.39, 0.29) is 30.6 Å². The van der Waals surface area contributed by atoms with Gasteiger partial charge in [-0.2, -0.15) is 0 Å². The van der Waals surface area contributed by atoms with Gasteiger partial charge in [0.2, 0.25) is 0 Å². The lowest BCUT2D eigenvalue weighted by atomic mass is 10.2. The van der Waals surface area contributed by atoms with E-state index in [0.29, 0.717) is 35.4 Å². The summed E-state index contributed by atoms with van der Waals surface area (Å²) in [5, 5.41) is 7.73. The highest BCUT2D eigenvalue weighted by atomic mass is 35.5. The molecular weight excluding hydrogens is 527 g/mol. The molecule has 12 heteroatoms. The minimum Gasteiger partial charge on any atom is -0.487 e.